The van der Waals surface area contributed by atoms with Crippen LogP contribution in [0.1, 0.15) is 11.1 Å². The standard InChI is InChI=1S/C18H17N/c1-13-7-3-5-9-16(13)15-11-18(19-12-15)17-10-6-4-8-14(17)2/h3-12,19H,1-2H3. The topological polar surface area (TPSA) is 15.8 Å². The summed E-state index contributed by atoms with van der Waals surface area (Å²) < 4.78 is 0. The van der Waals surface area contributed by atoms with Gasteiger partial charge in [-0.15, -0.1) is 0 Å². The molecule has 0 aliphatic heterocycles. The zero-order chi connectivity index (χ0) is 13.2. The van der Waals surface area contributed by atoms with Crippen LogP contribution in [0.2, 0.25) is 0 Å². The third kappa shape index (κ3) is 2.19. The van der Waals surface area contributed by atoms with Gasteiger partial charge in [-0.2, -0.15) is 0 Å². The van der Waals surface area contributed by atoms with E-state index in [1.54, 1.807) is 0 Å². The molecular weight excluding hydrogens is 230 g/mol. The van der Waals surface area contributed by atoms with Crippen LogP contribution in [0.4, 0.5) is 0 Å². The number of rotatable bonds is 2. The number of aryl methyl sites for hydroxylation is 2. The average molecular weight is 247 g/mol. The lowest BCUT2D eigenvalue weighted by Gasteiger charge is -2.03. The third-order valence-corrected chi connectivity index (χ3v) is 3.57. The van der Waals surface area contributed by atoms with Gasteiger partial charge in [0.05, 0.1) is 0 Å². The van der Waals surface area contributed by atoms with E-state index < -0.39 is 0 Å². The summed E-state index contributed by atoms with van der Waals surface area (Å²) in [6, 6.07) is 19.2. The molecule has 0 fully saturated rings. The van der Waals surface area contributed by atoms with Gasteiger partial charge < -0.3 is 4.98 Å². The molecule has 0 aliphatic rings. The molecule has 0 atom stereocenters. The fourth-order valence-corrected chi connectivity index (χ4v) is 2.48. The van der Waals surface area contributed by atoms with E-state index in [-0.39, 0.29) is 0 Å². The molecule has 0 unspecified atom stereocenters. The number of aromatic nitrogens is 1. The molecule has 1 nitrogen and oxygen atoms in total. The molecule has 94 valence electrons. The Morgan fingerprint density at radius 2 is 1.32 bits per heavy atom. The zero-order valence-corrected chi connectivity index (χ0v) is 11.3. The molecule has 0 saturated heterocycles. The van der Waals surface area contributed by atoms with Gasteiger partial charge in [-0.25, -0.2) is 0 Å². The van der Waals surface area contributed by atoms with Crippen LogP contribution in [0.25, 0.3) is 22.4 Å². The Bertz CT molecular complexity index is 647. The van der Waals surface area contributed by atoms with E-state index >= 15 is 0 Å². The number of nitrogens with one attached hydrogen (secondary N) is 1. The first-order chi connectivity index (χ1) is 9.25. The van der Waals surface area contributed by atoms with Crippen LogP contribution in [0, 0.1) is 13.8 Å². The largest absolute Gasteiger partial charge is 0.361 e. The lowest BCUT2D eigenvalue weighted by Crippen LogP contribution is -1.81. The first-order valence-corrected chi connectivity index (χ1v) is 6.56. The van der Waals surface area contributed by atoms with Gasteiger partial charge in [0.1, 0.15) is 0 Å². The minimum absolute atomic E-state index is 1.18. The van der Waals surface area contributed by atoms with Crippen LogP contribution in [0.5, 0.6) is 0 Å². The number of benzene rings is 2. The second-order valence-electron chi connectivity index (χ2n) is 4.93. The van der Waals surface area contributed by atoms with Crippen molar-refractivity contribution in [2.75, 3.05) is 0 Å². The summed E-state index contributed by atoms with van der Waals surface area (Å²) in [7, 11) is 0. The maximum absolute atomic E-state index is 3.39. The smallest absolute Gasteiger partial charge is 0.0463 e. The molecule has 1 aromatic heterocycles. The van der Waals surface area contributed by atoms with E-state index in [0.29, 0.717) is 0 Å². The van der Waals surface area contributed by atoms with Crippen molar-refractivity contribution in [2.24, 2.45) is 0 Å². The van der Waals surface area contributed by atoms with Crippen LogP contribution in [0.15, 0.2) is 60.8 Å². The van der Waals surface area contributed by atoms with Gasteiger partial charge in [0, 0.05) is 23.0 Å². The monoisotopic (exact) mass is 247 g/mol. The van der Waals surface area contributed by atoms with Crippen molar-refractivity contribution in [3.8, 4) is 22.4 Å². The first-order valence-electron chi connectivity index (χ1n) is 6.56. The maximum atomic E-state index is 3.39. The van der Waals surface area contributed by atoms with Gasteiger partial charge in [-0.3, -0.25) is 0 Å². The van der Waals surface area contributed by atoms with E-state index in [2.05, 4.69) is 79.6 Å². The fraction of sp³-hybridized carbons (Fsp3) is 0.111. The molecule has 19 heavy (non-hydrogen) atoms. The van der Waals surface area contributed by atoms with Crippen molar-refractivity contribution in [1.82, 2.24) is 4.98 Å². The van der Waals surface area contributed by atoms with Crippen LogP contribution >= 0.6 is 0 Å². The first kappa shape index (κ1) is 11.8. The van der Waals surface area contributed by atoms with Crippen molar-refractivity contribution in [1.29, 1.82) is 0 Å². The highest BCUT2D eigenvalue weighted by atomic mass is 14.7. The van der Waals surface area contributed by atoms with E-state index in [0.717, 1.165) is 0 Å². The fourth-order valence-electron chi connectivity index (χ4n) is 2.48. The zero-order valence-electron chi connectivity index (χ0n) is 11.3. The van der Waals surface area contributed by atoms with Crippen LogP contribution in [-0.4, -0.2) is 4.98 Å². The minimum Gasteiger partial charge on any atom is -0.361 e. The molecule has 1 heteroatoms. The molecule has 1 N–H and O–H groups in total. The number of hydrogen-bond acceptors (Lipinski definition) is 0. The Labute approximate surface area is 113 Å². The summed E-state index contributed by atoms with van der Waals surface area (Å²) in [5, 5.41) is 0. The normalized spacial score (nSPS) is 10.6. The molecule has 0 radical (unpaired) electrons. The van der Waals surface area contributed by atoms with E-state index in [9.17, 15) is 0 Å². The molecule has 3 rings (SSSR count). The summed E-state index contributed by atoms with van der Waals surface area (Å²) in [4.78, 5) is 3.39. The van der Waals surface area contributed by atoms with Crippen LogP contribution < -0.4 is 0 Å². The van der Waals surface area contributed by atoms with E-state index in [4.69, 9.17) is 0 Å². The average Bonchev–Trinajstić information content (AvgIpc) is 2.89. The Balaban J connectivity index is 2.06. The van der Waals surface area contributed by atoms with Gasteiger partial charge in [0.25, 0.3) is 0 Å². The molecule has 0 saturated carbocycles. The Morgan fingerprint density at radius 3 is 1.95 bits per heavy atom. The lowest BCUT2D eigenvalue weighted by atomic mass is 10.0. The Hall–Kier alpha value is -2.28. The molecule has 3 aromatic rings. The predicted molar refractivity (Wildman–Crippen MR) is 81.1 cm³/mol. The SMILES string of the molecule is Cc1ccccc1-c1c[nH]c(-c2ccccc2C)c1. The Kier molecular flexibility index (Phi) is 2.96. The maximum Gasteiger partial charge on any atom is 0.0463 e. The molecule has 0 aliphatic carbocycles. The molecular formula is C18H17N. The summed E-state index contributed by atoms with van der Waals surface area (Å²) in [6.45, 7) is 4.29. The highest BCUT2D eigenvalue weighted by Crippen LogP contribution is 2.29. The predicted octanol–water partition coefficient (Wildman–Crippen LogP) is 4.97. The summed E-state index contributed by atoms with van der Waals surface area (Å²) in [5.41, 5.74) is 7.58. The lowest BCUT2D eigenvalue weighted by molar-refractivity contribution is 1.36. The summed E-state index contributed by atoms with van der Waals surface area (Å²) >= 11 is 0. The summed E-state index contributed by atoms with van der Waals surface area (Å²) in [6.07, 6.45) is 2.09. The number of hydrogen-bond donors (Lipinski definition) is 1. The highest BCUT2D eigenvalue weighted by Gasteiger charge is 2.07. The number of aromatic amines is 1. The third-order valence-electron chi connectivity index (χ3n) is 3.57. The van der Waals surface area contributed by atoms with Crippen molar-refractivity contribution >= 4 is 0 Å². The van der Waals surface area contributed by atoms with Gasteiger partial charge in [-0.05, 0) is 36.6 Å². The van der Waals surface area contributed by atoms with Crippen molar-refractivity contribution in [3.63, 3.8) is 0 Å². The molecule has 1 heterocycles. The van der Waals surface area contributed by atoms with Crippen LogP contribution in [-0.2, 0) is 0 Å². The van der Waals surface area contributed by atoms with Gasteiger partial charge in [-0.1, -0.05) is 48.5 Å². The van der Waals surface area contributed by atoms with Gasteiger partial charge in [0.15, 0.2) is 0 Å². The summed E-state index contributed by atoms with van der Waals surface area (Å²) in [5.74, 6) is 0. The minimum atomic E-state index is 1.18. The molecule has 0 bridgehead atoms. The van der Waals surface area contributed by atoms with Crippen molar-refractivity contribution < 1.29 is 0 Å². The molecule has 2 aromatic carbocycles. The van der Waals surface area contributed by atoms with E-state index in [1.165, 1.54) is 33.5 Å². The molecule has 0 spiro atoms. The Morgan fingerprint density at radius 1 is 0.737 bits per heavy atom. The second kappa shape index (κ2) is 4.77. The van der Waals surface area contributed by atoms with Gasteiger partial charge in [0.2, 0.25) is 0 Å². The quantitative estimate of drug-likeness (QED) is 0.658. The highest BCUT2D eigenvalue weighted by molar-refractivity contribution is 5.74. The number of H-pyrrole nitrogens is 1. The molecule has 0 amide bonds. The van der Waals surface area contributed by atoms with E-state index in [1.807, 2.05) is 0 Å². The van der Waals surface area contributed by atoms with Crippen molar-refractivity contribution in [2.45, 2.75) is 13.8 Å². The second-order valence-corrected chi connectivity index (χ2v) is 4.93. The van der Waals surface area contributed by atoms with Gasteiger partial charge >= 0.3 is 0 Å². The van der Waals surface area contributed by atoms with Crippen molar-refractivity contribution in [3.05, 3.63) is 71.9 Å². The van der Waals surface area contributed by atoms with Crippen LogP contribution in [0.3, 0.4) is 0 Å².